The molecular formula is C28H22IN5O2. The summed E-state index contributed by atoms with van der Waals surface area (Å²) in [6.07, 6.45) is 5.48. The first-order chi connectivity index (χ1) is 17.6. The molecular weight excluding hydrogens is 565 g/mol. The lowest BCUT2D eigenvalue weighted by Gasteiger charge is -2.36. The molecule has 0 fully saturated rings. The van der Waals surface area contributed by atoms with Crippen molar-refractivity contribution in [3.8, 4) is 11.4 Å². The SMILES string of the molecule is O=C(OCc1ccccc1)C1(c2ccnc(-c3nc(I)nc4[nH]ncc34)c2)CCc2ccccc2C1. The van der Waals surface area contributed by atoms with Crippen molar-refractivity contribution in [1.29, 1.82) is 0 Å². The molecule has 1 aliphatic carbocycles. The number of carbonyl (C=O) groups is 1. The Morgan fingerprint density at radius 1 is 1.03 bits per heavy atom. The van der Waals surface area contributed by atoms with Crippen molar-refractivity contribution in [2.24, 2.45) is 0 Å². The van der Waals surface area contributed by atoms with E-state index < -0.39 is 5.41 Å². The van der Waals surface area contributed by atoms with Crippen LogP contribution in [-0.2, 0) is 34.4 Å². The number of pyridine rings is 1. The largest absolute Gasteiger partial charge is 0.460 e. The van der Waals surface area contributed by atoms with Crippen LogP contribution < -0.4 is 0 Å². The molecule has 1 N–H and O–H groups in total. The summed E-state index contributed by atoms with van der Waals surface area (Å²) in [6.45, 7) is 0.237. The number of nitrogens with zero attached hydrogens (tertiary/aromatic N) is 4. The van der Waals surface area contributed by atoms with Gasteiger partial charge in [-0.1, -0.05) is 54.6 Å². The lowest BCUT2D eigenvalue weighted by atomic mass is 9.67. The van der Waals surface area contributed by atoms with E-state index in [0.717, 1.165) is 22.9 Å². The van der Waals surface area contributed by atoms with Crippen LogP contribution in [0.2, 0.25) is 0 Å². The first-order valence-electron chi connectivity index (χ1n) is 11.7. The highest BCUT2D eigenvalue weighted by molar-refractivity contribution is 14.1. The number of aromatic amines is 1. The van der Waals surface area contributed by atoms with E-state index >= 15 is 0 Å². The number of aromatic nitrogens is 5. The average molecular weight is 587 g/mol. The van der Waals surface area contributed by atoms with Crippen LogP contribution in [0.1, 0.15) is 28.7 Å². The number of esters is 1. The fourth-order valence-corrected chi connectivity index (χ4v) is 5.48. The Balaban J connectivity index is 1.43. The molecule has 0 spiro atoms. The Bertz CT molecular complexity index is 1570. The first kappa shape index (κ1) is 22.8. The van der Waals surface area contributed by atoms with Gasteiger partial charge in [0.05, 0.1) is 22.7 Å². The lowest BCUT2D eigenvalue weighted by Crippen LogP contribution is -2.42. The van der Waals surface area contributed by atoms with Crippen molar-refractivity contribution in [3.63, 3.8) is 0 Å². The summed E-state index contributed by atoms with van der Waals surface area (Å²) in [5.41, 5.74) is 5.49. The smallest absolute Gasteiger partial charge is 0.317 e. The molecule has 7 nitrogen and oxygen atoms in total. The van der Waals surface area contributed by atoms with Gasteiger partial charge in [-0.25, -0.2) is 9.97 Å². The zero-order valence-electron chi connectivity index (χ0n) is 19.3. The molecule has 0 radical (unpaired) electrons. The molecule has 36 heavy (non-hydrogen) atoms. The molecule has 1 atom stereocenters. The van der Waals surface area contributed by atoms with Crippen LogP contribution in [0.3, 0.4) is 0 Å². The molecule has 3 aromatic heterocycles. The number of fused-ring (bicyclic) bond motifs is 2. The van der Waals surface area contributed by atoms with Gasteiger partial charge in [0.15, 0.2) is 9.48 Å². The quantitative estimate of drug-likeness (QED) is 0.173. The van der Waals surface area contributed by atoms with Gasteiger partial charge in [0.1, 0.15) is 12.3 Å². The minimum atomic E-state index is -0.823. The molecule has 0 bridgehead atoms. The van der Waals surface area contributed by atoms with E-state index in [-0.39, 0.29) is 12.6 Å². The Morgan fingerprint density at radius 3 is 2.69 bits per heavy atom. The summed E-state index contributed by atoms with van der Waals surface area (Å²) in [6, 6.07) is 22.0. The van der Waals surface area contributed by atoms with Gasteiger partial charge in [0.2, 0.25) is 0 Å². The maximum absolute atomic E-state index is 13.9. The Hall–Kier alpha value is -3.66. The Kier molecular flexibility index (Phi) is 5.96. The molecule has 1 unspecified atom stereocenters. The van der Waals surface area contributed by atoms with Gasteiger partial charge < -0.3 is 4.74 Å². The monoisotopic (exact) mass is 587 g/mol. The fourth-order valence-electron chi connectivity index (χ4n) is 5.00. The van der Waals surface area contributed by atoms with E-state index in [1.165, 1.54) is 11.1 Å². The van der Waals surface area contributed by atoms with Crippen molar-refractivity contribution in [2.45, 2.75) is 31.3 Å². The van der Waals surface area contributed by atoms with E-state index in [9.17, 15) is 4.79 Å². The fraction of sp³-hybridized carbons (Fsp3) is 0.179. The summed E-state index contributed by atoms with van der Waals surface area (Å²) in [4.78, 5) is 27.6. The molecule has 6 rings (SSSR count). The molecule has 0 saturated carbocycles. The number of rotatable bonds is 5. The summed E-state index contributed by atoms with van der Waals surface area (Å²) < 4.78 is 6.55. The van der Waals surface area contributed by atoms with Crippen LogP contribution in [0.25, 0.3) is 22.4 Å². The van der Waals surface area contributed by atoms with Gasteiger partial charge in [-0.15, -0.1) is 0 Å². The highest BCUT2D eigenvalue weighted by atomic mass is 127. The molecule has 178 valence electrons. The van der Waals surface area contributed by atoms with Crippen LogP contribution in [0.4, 0.5) is 0 Å². The van der Waals surface area contributed by atoms with Crippen molar-refractivity contribution < 1.29 is 9.53 Å². The van der Waals surface area contributed by atoms with E-state index in [0.29, 0.717) is 33.7 Å². The van der Waals surface area contributed by atoms with Gasteiger partial charge in [-0.3, -0.25) is 14.9 Å². The highest BCUT2D eigenvalue weighted by Crippen LogP contribution is 2.41. The van der Waals surface area contributed by atoms with Crippen LogP contribution >= 0.6 is 22.6 Å². The van der Waals surface area contributed by atoms with E-state index in [4.69, 9.17) is 4.74 Å². The van der Waals surface area contributed by atoms with Crippen molar-refractivity contribution in [2.75, 3.05) is 0 Å². The number of halogens is 1. The normalized spacial score (nSPS) is 17.0. The standard InChI is InChI=1S/C28H22IN5O2/c29-27-32-24(22-16-31-34-25(22)33-27)23-14-21(11-13-30-23)28(12-10-19-8-4-5-9-20(19)15-28)26(35)36-17-18-6-2-1-3-7-18/h1-9,11,13-14,16H,10,12,15,17H2,(H,31,32,33,34). The third-order valence-electron chi connectivity index (χ3n) is 6.87. The molecule has 2 aromatic carbocycles. The van der Waals surface area contributed by atoms with Crippen LogP contribution in [0.15, 0.2) is 79.1 Å². The van der Waals surface area contributed by atoms with Gasteiger partial charge >= 0.3 is 5.97 Å². The minimum Gasteiger partial charge on any atom is -0.460 e. The van der Waals surface area contributed by atoms with Crippen molar-refractivity contribution >= 4 is 39.6 Å². The summed E-state index contributed by atoms with van der Waals surface area (Å²) >= 11 is 2.09. The second-order valence-corrected chi connectivity index (χ2v) is 9.96. The average Bonchev–Trinajstić information content (AvgIpc) is 3.40. The number of carbonyl (C=O) groups excluding carboxylic acids is 1. The number of benzene rings is 2. The molecule has 0 amide bonds. The molecule has 0 aliphatic heterocycles. The predicted molar refractivity (Wildman–Crippen MR) is 144 cm³/mol. The van der Waals surface area contributed by atoms with Gasteiger partial charge in [0, 0.05) is 28.8 Å². The number of hydrogen-bond donors (Lipinski definition) is 1. The maximum atomic E-state index is 13.9. The zero-order chi connectivity index (χ0) is 24.5. The van der Waals surface area contributed by atoms with Crippen molar-refractivity contribution in [3.05, 3.63) is 105 Å². The number of ether oxygens (including phenoxy) is 1. The van der Waals surface area contributed by atoms with E-state index in [1.807, 2.05) is 48.5 Å². The third-order valence-corrected chi connectivity index (χ3v) is 7.36. The first-order valence-corrected chi connectivity index (χ1v) is 12.8. The van der Waals surface area contributed by atoms with Crippen LogP contribution in [0.5, 0.6) is 0 Å². The maximum Gasteiger partial charge on any atom is 0.317 e. The highest BCUT2D eigenvalue weighted by Gasteiger charge is 2.44. The predicted octanol–water partition coefficient (Wildman–Crippen LogP) is 5.19. The van der Waals surface area contributed by atoms with Gasteiger partial charge in [-0.2, -0.15) is 5.10 Å². The summed E-state index contributed by atoms with van der Waals surface area (Å²) in [5.74, 6) is -0.219. The number of hydrogen-bond acceptors (Lipinski definition) is 6. The summed E-state index contributed by atoms with van der Waals surface area (Å²) in [7, 11) is 0. The second-order valence-electron chi connectivity index (χ2n) is 8.99. The topological polar surface area (TPSA) is 93.6 Å². The summed E-state index contributed by atoms with van der Waals surface area (Å²) in [5, 5.41) is 7.82. The van der Waals surface area contributed by atoms with E-state index in [2.05, 4.69) is 65.9 Å². The van der Waals surface area contributed by atoms with Crippen LogP contribution in [-0.4, -0.2) is 31.1 Å². The number of H-pyrrole nitrogens is 1. The molecule has 8 heteroatoms. The minimum absolute atomic E-state index is 0.219. The molecule has 1 aliphatic rings. The second kappa shape index (κ2) is 9.42. The Morgan fingerprint density at radius 2 is 1.83 bits per heavy atom. The molecule has 0 saturated heterocycles. The van der Waals surface area contributed by atoms with E-state index in [1.54, 1.807) is 12.4 Å². The van der Waals surface area contributed by atoms with Gasteiger partial charge in [-0.05, 0) is 53.6 Å². The lowest BCUT2D eigenvalue weighted by molar-refractivity contribution is -0.152. The van der Waals surface area contributed by atoms with Gasteiger partial charge in [0.25, 0.3) is 0 Å². The molecule has 5 aromatic rings. The van der Waals surface area contributed by atoms with Crippen LogP contribution in [0, 0.1) is 3.83 Å². The molecule has 3 heterocycles. The third kappa shape index (κ3) is 4.15. The number of nitrogens with one attached hydrogen (secondary N) is 1. The number of aryl methyl sites for hydroxylation is 1. The zero-order valence-corrected chi connectivity index (χ0v) is 21.5. The van der Waals surface area contributed by atoms with Crippen molar-refractivity contribution in [1.82, 2.24) is 25.1 Å². The Labute approximate surface area is 221 Å².